The summed E-state index contributed by atoms with van der Waals surface area (Å²) in [6, 6.07) is 3.53. The number of hydrogen-bond donors (Lipinski definition) is 2. The van der Waals surface area contributed by atoms with E-state index in [4.69, 9.17) is 0 Å². The standard InChI is InChI=1S/C12H13N3O/c16-12(10-5-2-6-13-10)15-14-11-7-8-3-1-4-9(8)11/h1-3,5-6,8-9,13H,4,7H2,(H,15,16)/b14-11-/t8-,9-/m1/s1. The molecule has 1 aromatic rings. The number of rotatable bonds is 2. The van der Waals surface area contributed by atoms with Crippen LogP contribution in [0.3, 0.4) is 0 Å². The van der Waals surface area contributed by atoms with Crippen LogP contribution in [0.5, 0.6) is 0 Å². The third-order valence-electron chi connectivity index (χ3n) is 3.31. The molecule has 2 atom stereocenters. The van der Waals surface area contributed by atoms with E-state index in [1.807, 2.05) is 0 Å². The molecule has 0 bridgehead atoms. The Bertz CT molecular complexity index is 459. The molecule has 2 aliphatic rings. The molecule has 0 aliphatic heterocycles. The molecule has 1 fully saturated rings. The first kappa shape index (κ1) is 9.39. The molecule has 0 unspecified atom stereocenters. The van der Waals surface area contributed by atoms with E-state index in [-0.39, 0.29) is 5.91 Å². The number of hydrazone groups is 1. The van der Waals surface area contributed by atoms with Crippen molar-refractivity contribution in [3.63, 3.8) is 0 Å². The molecular weight excluding hydrogens is 202 g/mol. The van der Waals surface area contributed by atoms with Gasteiger partial charge in [0, 0.05) is 17.8 Å². The number of aromatic nitrogens is 1. The second-order valence-corrected chi connectivity index (χ2v) is 4.27. The number of H-pyrrole nitrogens is 1. The average molecular weight is 215 g/mol. The molecule has 1 amide bonds. The van der Waals surface area contributed by atoms with Crippen molar-refractivity contribution in [3.05, 3.63) is 36.2 Å². The van der Waals surface area contributed by atoms with Gasteiger partial charge in [-0.3, -0.25) is 4.79 Å². The first-order chi connectivity index (χ1) is 7.84. The minimum Gasteiger partial charge on any atom is -0.357 e. The number of nitrogens with one attached hydrogen (secondary N) is 2. The molecule has 0 aromatic carbocycles. The topological polar surface area (TPSA) is 57.2 Å². The highest BCUT2D eigenvalue weighted by Gasteiger charge is 2.37. The highest BCUT2D eigenvalue weighted by atomic mass is 16.2. The Morgan fingerprint density at radius 1 is 1.56 bits per heavy atom. The first-order valence-corrected chi connectivity index (χ1v) is 5.51. The van der Waals surface area contributed by atoms with Crippen LogP contribution in [0.1, 0.15) is 23.3 Å². The fourth-order valence-electron chi connectivity index (χ4n) is 2.32. The summed E-state index contributed by atoms with van der Waals surface area (Å²) in [7, 11) is 0. The van der Waals surface area contributed by atoms with Crippen LogP contribution in [0, 0.1) is 11.8 Å². The monoisotopic (exact) mass is 215 g/mol. The van der Waals surface area contributed by atoms with Crippen LogP contribution < -0.4 is 5.43 Å². The predicted octanol–water partition coefficient (Wildman–Crippen LogP) is 1.70. The van der Waals surface area contributed by atoms with E-state index < -0.39 is 0 Å². The average Bonchev–Trinajstić information content (AvgIpc) is 2.88. The van der Waals surface area contributed by atoms with Crippen LogP contribution in [-0.2, 0) is 0 Å². The normalized spacial score (nSPS) is 28.9. The maximum Gasteiger partial charge on any atom is 0.287 e. The van der Waals surface area contributed by atoms with Crippen molar-refractivity contribution in [2.75, 3.05) is 0 Å². The van der Waals surface area contributed by atoms with Crippen molar-refractivity contribution >= 4 is 11.6 Å². The number of nitrogens with zero attached hydrogens (tertiary/aromatic N) is 1. The Morgan fingerprint density at radius 2 is 2.50 bits per heavy atom. The van der Waals surface area contributed by atoms with E-state index in [1.165, 1.54) is 0 Å². The smallest absolute Gasteiger partial charge is 0.287 e. The van der Waals surface area contributed by atoms with Gasteiger partial charge < -0.3 is 4.98 Å². The minimum absolute atomic E-state index is 0.174. The van der Waals surface area contributed by atoms with Gasteiger partial charge in [0.25, 0.3) is 5.91 Å². The largest absolute Gasteiger partial charge is 0.357 e. The van der Waals surface area contributed by atoms with E-state index in [0.29, 0.717) is 17.5 Å². The van der Waals surface area contributed by atoms with Crippen molar-refractivity contribution in [1.82, 2.24) is 10.4 Å². The van der Waals surface area contributed by atoms with Crippen LogP contribution in [0.25, 0.3) is 0 Å². The lowest BCUT2D eigenvalue weighted by molar-refractivity contribution is 0.0949. The van der Waals surface area contributed by atoms with Crippen LogP contribution in [-0.4, -0.2) is 16.6 Å². The van der Waals surface area contributed by atoms with Crippen molar-refractivity contribution in [2.45, 2.75) is 12.8 Å². The number of carbonyl (C=O) groups is 1. The van der Waals surface area contributed by atoms with Gasteiger partial charge in [0.15, 0.2) is 0 Å². The summed E-state index contributed by atoms with van der Waals surface area (Å²) in [6.45, 7) is 0. The van der Waals surface area contributed by atoms with Gasteiger partial charge in [-0.2, -0.15) is 5.10 Å². The zero-order valence-corrected chi connectivity index (χ0v) is 8.81. The molecule has 4 heteroatoms. The van der Waals surface area contributed by atoms with Crippen LogP contribution in [0.4, 0.5) is 0 Å². The van der Waals surface area contributed by atoms with Crippen molar-refractivity contribution in [3.8, 4) is 0 Å². The van der Waals surface area contributed by atoms with E-state index in [9.17, 15) is 4.79 Å². The lowest BCUT2D eigenvalue weighted by atomic mass is 9.74. The second kappa shape index (κ2) is 3.63. The van der Waals surface area contributed by atoms with Crippen molar-refractivity contribution < 1.29 is 4.79 Å². The van der Waals surface area contributed by atoms with E-state index in [1.54, 1.807) is 18.3 Å². The third-order valence-corrected chi connectivity index (χ3v) is 3.31. The van der Waals surface area contributed by atoms with E-state index in [2.05, 4.69) is 27.7 Å². The summed E-state index contributed by atoms with van der Waals surface area (Å²) in [5, 5.41) is 4.19. The molecule has 16 heavy (non-hydrogen) atoms. The Hall–Kier alpha value is -1.84. The van der Waals surface area contributed by atoms with Gasteiger partial charge in [0.1, 0.15) is 5.69 Å². The zero-order valence-electron chi connectivity index (χ0n) is 8.81. The summed E-state index contributed by atoms with van der Waals surface area (Å²) < 4.78 is 0. The van der Waals surface area contributed by atoms with Crippen molar-refractivity contribution in [1.29, 1.82) is 0 Å². The molecule has 1 heterocycles. The molecule has 2 aliphatic carbocycles. The summed E-state index contributed by atoms with van der Waals surface area (Å²) >= 11 is 0. The Kier molecular flexibility index (Phi) is 2.13. The molecule has 4 nitrogen and oxygen atoms in total. The molecule has 1 saturated carbocycles. The zero-order chi connectivity index (χ0) is 11.0. The van der Waals surface area contributed by atoms with Crippen LogP contribution >= 0.6 is 0 Å². The number of fused-ring (bicyclic) bond motifs is 1. The number of aromatic amines is 1. The van der Waals surface area contributed by atoms with Gasteiger partial charge in [-0.25, -0.2) is 5.43 Å². The van der Waals surface area contributed by atoms with Gasteiger partial charge in [0.05, 0.1) is 0 Å². The molecule has 0 saturated heterocycles. The van der Waals surface area contributed by atoms with Gasteiger partial charge in [-0.1, -0.05) is 12.2 Å². The minimum atomic E-state index is -0.174. The number of allylic oxidation sites excluding steroid dienone is 2. The Morgan fingerprint density at radius 3 is 3.25 bits per heavy atom. The molecule has 2 N–H and O–H groups in total. The van der Waals surface area contributed by atoms with Crippen LogP contribution in [0.15, 0.2) is 35.6 Å². The second-order valence-electron chi connectivity index (χ2n) is 4.27. The quantitative estimate of drug-likeness (QED) is 0.572. The fraction of sp³-hybridized carbons (Fsp3) is 0.333. The number of amides is 1. The summed E-state index contributed by atoms with van der Waals surface area (Å²) in [5.41, 5.74) is 4.26. The van der Waals surface area contributed by atoms with Gasteiger partial charge in [-0.15, -0.1) is 0 Å². The summed E-state index contributed by atoms with van der Waals surface area (Å²) in [4.78, 5) is 14.4. The third kappa shape index (κ3) is 1.46. The first-order valence-electron chi connectivity index (χ1n) is 5.51. The Balaban J connectivity index is 1.61. The lowest BCUT2D eigenvalue weighted by Gasteiger charge is -2.31. The summed E-state index contributed by atoms with van der Waals surface area (Å²) in [6.07, 6.45) is 8.23. The van der Waals surface area contributed by atoms with E-state index >= 15 is 0 Å². The van der Waals surface area contributed by atoms with Crippen LogP contribution in [0.2, 0.25) is 0 Å². The predicted molar refractivity (Wildman–Crippen MR) is 61.0 cm³/mol. The molecule has 3 rings (SSSR count). The molecule has 0 radical (unpaired) electrons. The van der Waals surface area contributed by atoms with E-state index in [0.717, 1.165) is 18.6 Å². The maximum absolute atomic E-state index is 11.6. The molecule has 82 valence electrons. The summed E-state index contributed by atoms with van der Waals surface area (Å²) in [5.74, 6) is 1.04. The highest BCUT2D eigenvalue weighted by molar-refractivity contribution is 5.97. The molecule has 0 spiro atoms. The molecular formula is C12H13N3O. The highest BCUT2D eigenvalue weighted by Crippen LogP contribution is 2.39. The SMILES string of the molecule is O=C(N/N=C1/C[C@H]2C=CC[C@@H]12)c1ccc[nH]1. The number of carbonyl (C=O) groups excluding carboxylic acids is 1. The van der Waals surface area contributed by atoms with Crippen molar-refractivity contribution in [2.24, 2.45) is 16.9 Å². The fourth-order valence-corrected chi connectivity index (χ4v) is 2.32. The Labute approximate surface area is 93.4 Å². The van der Waals surface area contributed by atoms with Gasteiger partial charge in [-0.05, 0) is 30.9 Å². The van der Waals surface area contributed by atoms with Gasteiger partial charge >= 0.3 is 0 Å². The lowest BCUT2D eigenvalue weighted by Crippen LogP contribution is -2.35. The number of hydrogen-bond acceptors (Lipinski definition) is 2. The van der Waals surface area contributed by atoms with Gasteiger partial charge in [0.2, 0.25) is 0 Å². The maximum atomic E-state index is 11.6. The molecule has 1 aromatic heterocycles.